The average molecular weight is 279 g/mol. The molecule has 0 aliphatic carbocycles. The zero-order valence-corrected chi connectivity index (χ0v) is 11.8. The van der Waals surface area contributed by atoms with Crippen molar-refractivity contribution in [3.8, 4) is 0 Å². The molecule has 4 nitrogen and oxygen atoms in total. The molecule has 1 aromatic carbocycles. The molecule has 0 spiro atoms. The van der Waals surface area contributed by atoms with Crippen LogP contribution in [0.15, 0.2) is 55.0 Å². The van der Waals surface area contributed by atoms with Crippen molar-refractivity contribution in [2.24, 2.45) is 0 Å². The van der Waals surface area contributed by atoms with Gasteiger partial charge in [0.1, 0.15) is 0 Å². The summed E-state index contributed by atoms with van der Waals surface area (Å²) in [6.45, 7) is 0. The highest BCUT2D eigenvalue weighted by atomic mass is 16.1. The van der Waals surface area contributed by atoms with Gasteiger partial charge < -0.3 is 10.3 Å². The van der Waals surface area contributed by atoms with Gasteiger partial charge in [0.25, 0.3) is 0 Å². The number of carbonyl (C=O) groups excluding carboxylic acids is 1. The van der Waals surface area contributed by atoms with E-state index in [1.807, 2.05) is 30.5 Å². The van der Waals surface area contributed by atoms with Crippen LogP contribution in [-0.2, 0) is 4.79 Å². The summed E-state index contributed by atoms with van der Waals surface area (Å²) >= 11 is 0. The van der Waals surface area contributed by atoms with Crippen LogP contribution in [0.4, 0.5) is 0 Å². The van der Waals surface area contributed by atoms with Crippen molar-refractivity contribution in [1.29, 1.82) is 0 Å². The molecule has 0 radical (unpaired) electrons. The van der Waals surface area contributed by atoms with E-state index in [0.717, 1.165) is 22.0 Å². The molecule has 1 amide bonds. The molecule has 0 fully saturated rings. The molecular weight excluding hydrogens is 262 g/mol. The largest absolute Gasteiger partial charge is 0.360 e. The fourth-order valence-corrected chi connectivity index (χ4v) is 2.66. The van der Waals surface area contributed by atoms with Crippen LogP contribution in [0.3, 0.4) is 0 Å². The van der Waals surface area contributed by atoms with Gasteiger partial charge in [-0.25, -0.2) is 0 Å². The molecule has 106 valence electrons. The van der Waals surface area contributed by atoms with Crippen molar-refractivity contribution in [3.63, 3.8) is 0 Å². The van der Waals surface area contributed by atoms with E-state index >= 15 is 0 Å². The van der Waals surface area contributed by atoms with Gasteiger partial charge in [-0.1, -0.05) is 30.3 Å². The first-order valence-electron chi connectivity index (χ1n) is 6.96. The fraction of sp³-hybridized carbons (Fsp3) is 0.176. The molecular formula is C17H17N3O. The van der Waals surface area contributed by atoms with E-state index in [-0.39, 0.29) is 11.8 Å². The maximum atomic E-state index is 11.9. The molecule has 2 heterocycles. The van der Waals surface area contributed by atoms with Gasteiger partial charge in [-0.3, -0.25) is 9.78 Å². The monoisotopic (exact) mass is 279 g/mol. The van der Waals surface area contributed by atoms with Gasteiger partial charge in [-0.15, -0.1) is 0 Å². The summed E-state index contributed by atoms with van der Waals surface area (Å²) in [6, 6.07) is 12.1. The Morgan fingerprint density at radius 3 is 2.86 bits per heavy atom. The Morgan fingerprint density at radius 1 is 1.29 bits per heavy atom. The average Bonchev–Trinajstić information content (AvgIpc) is 2.97. The summed E-state index contributed by atoms with van der Waals surface area (Å²) in [7, 11) is 1.67. The summed E-state index contributed by atoms with van der Waals surface area (Å²) in [5, 5.41) is 3.83. The van der Waals surface area contributed by atoms with Crippen molar-refractivity contribution in [2.75, 3.05) is 7.05 Å². The molecule has 1 atom stereocenters. The standard InChI is InChI=1S/C17H17N3O/c1-18-17(21)9-14(12-5-3-2-4-6-12)15-10-20-16-11-19-8-7-13(15)16/h2-8,10-11,14,20H,9H2,1H3,(H,18,21). The Bertz CT molecular complexity index is 749. The quantitative estimate of drug-likeness (QED) is 0.771. The molecule has 3 rings (SSSR count). The van der Waals surface area contributed by atoms with Crippen molar-refractivity contribution >= 4 is 16.8 Å². The maximum absolute atomic E-state index is 11.9. The summed E-state index contributed by atoms with van der Waals surface area (Å²) in [4.78, 5) is 19.3. The number of aromatic amines is 1. The predicted molar refractivity (Wildman–Crippen MR) is 83.1 cm³/mol. The third-order valence-electron chi connectivity index (χ3n) is 3.76. The van der Waals surface area contributed by atoms with Crippen molar-refractivity contribution in [1.82, 2.24) is 15.3 Å². The molecule has 1 unspecified atom stereocenters. The third kappa shape index (κ3) is 2.65. The minimum atomic E-state index is 0.0299. The Kier molecular flexibility index (Phi) is 3.69. The first kappa shape index (κ1) is 13.4. The molecule has 0 aliphatic rings. The molecule has 0 aliphatic heterocycles. The molecule has 21 heavy (non-hydrogen) atoms. The number of hydrogen-bond donors (Lipinski definition) is 2. The lowest BCUT2D eigenvalue weighted by molar-refractivity contribution is -0.120. The summed E-state index contributed by atoms with van der Waals surface area (Å²) in [5.74, 6) is 0.0644. The van der Waals surface area contributed by atoms with Gasteiger partial charge >= 0.3 is 0 Å². The zero-order chi connectivity index (χ0) is 14.7. The number of rotatable bonds is 4. The van der Waals surface area contributed by atoms with E-state index in [4.69, 9.17) is 0 Å². The molecule has 0 saturated carbocycles. The lowest BCUT2D eigenvalue weighted by atomic mass is 9.88. The van der Waals surface area contributed by atoms with Crippen LogP contribution in [-0.4, -0.2) is 22.9 Å². The van der Waals surface area contributed by atoms with Crippen molar-refractivity contribution in [2.45, 2.75) is 12.3 Å². The topological polar surface area (TPSA) is 57.8 Å². The minimum absolute atomic E-state index is 0.0299. The number of benzene rings is 1. The lowest BCUT2D eigenvalue weighted by Gasteiger charge is -2.16. The first-order chi connectivity index (χ1) is 10.3. The Balaban J connectivity index is 2.08. The summed E-state index contributed by atoms with van der Waals surface area (Å²) in [5.41, 5.74) is 3.26. The van der Waals surface area contributed by atoms with Crippen LogP contribution in [0.1, 0.15) is 23.5 Å². The highest BCUT2D eigenvalue weighted by molar-refractivity contribution is 5.85. The number of H-pyrrole nitrogens is 1. The van der Waals surface area contributed by atoms with E-state index in [0.29, 0.717) is 6.42 Å². The SMILES string of the molecule is CNC(=O)CC(c1ccccc1)c1c[nH]c2cnccc12. The van der Waals surface area contributed by atoms with Crippen molar-refractivity contribution in [3.05, 3.63) is 66.1 Å². The highest BCUT2D eigenvalue weighted by Gasteiger charge is 2.20. The first-order valence-corrected chi connectivity index (χ1v) is 6.96. The second-order valence-corrected chi connectivity index (χ2v) is 5.01. The number of amides is 1. The van der Waals surface area contributed by atoms with Crippen LogP contribution in [0.5, 0.6) is 0 Å². The van der Waals surface area contributed by atoms with Gasteiger partial charge in [0.15, 0.2) is 0 Å². The van der Waals surface area contributed by atoms with E-state index in [2.05, 4.69) is 27.4 Å². The highest BCUT2D eigenvalue weighted by Crippen LogP contribution is 2.32. The van der Waals surface area contributed by atoms with E-state index in [1.54, 1.807) is 19.4 Å². The number of fused-ring (bicyclic) bond motifs is 1. The van der Waals surface area contributed by atoms with Crippen LogP contribution in [0.25, 0.3) is 10.9 Å². The summed E-state index contributed by atoms with van der Waals surface area (Å²) in [6.07, 6.45) is 5.99. The fourth-order valence-electron chi connectivity index (χ4n) is 2.66. The van der Waals surface area contributed by atoms with Gasteiger partial charge in [-0.2, -0.15) is 0 Å². The predicted octanol–water partition coefficient (Wildman–Crippen LogP) is 2.83. The van der Waals surface area contributed by atoms with E-state index in [1.165, 1.54) is 0 Å². The second-order valence-electron chi connectivity index (χ2n) is 5.01. The molecule has 0 bridgehead atoms. The number of carbonyl (C=O) groups is 1. The number of aromatic nitrogens is 2. The molecule has 4 heteroatoms. The molecule has 0 saturated heterocycles. The van der Waals surface area contributed by atoms with E-state index < -0.39 is 0 Å². The second kappa shape index (κ2) is 5.79. The number of nitrogens with one attached hydrogen (secondary N) is 2. The van der Waals surface area contributed by atoms with Crippen LogP contribution in [0, 0.1) is 0 Å². The van der Waals surface area contributed by atoms with Crippen LogP contribution < -0.4 is 5.32 Å². The zero-order valence-electron chi connectivity index (χ0n) is 11.8. The third-order valence-corrected chi connectivity index (χ3v) is 3.76. The molecule has 2 aromatic heterocycles. The van der Waals surface area contributed by atoms with Crippen molar-refractivity contribution < 1.29 is 4.79 Å². The maximum Gasteiger partial charge on any atom is 0.220 e. The Labute approximate surface area is 123 Å². The normalized spacial score (nSPS) is 12.2. The number of nitrogens with zero attached hydrogens (tertiary/aromatic N) is 1. The van der Waals surface area contributed by atoms with Crippen LogP contribution in [0.2, 0.25) is 0 Å². The lowest BCUT2D eigenvalue weighted by Crippen LogP contribution is -2.20. The molecule has 3 aromatic rings. The van der Waals surface area contributed by atoms with Gasteiger partial charge in [0.05, 0.1) is 11.7 Å². The Hall–Kier alpha value is -2.62. The van der Waals surface area contributed by atoms with Gasteiger partial charge in [-0.05, 0) is 17.2 Å². The number of pyridine rings is 1. The van der Waals surface area contributed by atoms with Crippen LogP contribution >= 0.6 is 0 Å². The Morgan fingerprint density at radius 2 is 2.10 bits per heavy atom. The minimum Gasteiger partial charge on any atom is -0.360 e. The summed E-state index contributed by atoms with van der Waals surface area (Å²) < 4.78 is 0. The molecule has 2 N–H and O–H groups in total. The smallest absolute Gasteiger partial charge is 0.220 e. The number of hydrogen-bond acceptors (Lipinski definition) is 2. The van der Waals surface area contributed by atoms with E-state index in [9.17, 15) is 4.79 Å². The van der Waals surface area contributed by atoms with Gasteiger partial charge in [0.2, 0.25) is 5.91 Å². The van der Waals surface area contributed by atoms with Gasteiger partial charge in [0, 0.05) is 37.2 Å².